The van der Waals surface area contributed by atoms with Crippen LogP contribution in [-0.4, -0.2) is 57.5 Å². The van der Waals surface area contributed by atoms with Crippen molar-refractivity contribution >= 4 is 33.6 Å². The van der Waals surface area contributed by atoms with E-state index < -0.39 is 22.0 Å². The molecule has 0 spiro atoms. The molecule has 2 N–H and O–H groups in total. The van der Waals surface area contributed by atoms with Gasteiger partial charge in [-0.05, 0) is 38.0 Å². The number of sulfonamides is 1. The molecule has 0 radical (unpaired) electrons. The Morgan fingerprint density at radius 2 is 1.75 bits per heavy atom. The normalized spacial score (nSPS) is 15.5. The van der Waals surface area contributed by atoms with Gasteiger partial charge in [-0.15, -0.1) is 0 Å². The van der Waals surface area contributed by atoms with Gasteiger partial charge in [-0.1, -0.05) is 24.4 Å². The van der Waals surface area contributed by atoms with Crippen LogP contribution in [0.2, 0.25) is 5.02 Å². The van der Waals surface area contributed by atoms with E-state index in [0.717, 1.165) is 25.7 Å². The molecule has 0 bridgehead atoms. The molecule has 0 atom stereocenters. The van der Waals surface area contributed by atoms with Crippen LogP contribution >= 0.6 is 11.6 Å². The molecule has 10 heteroatoms. The first kappa shape index (κ1) is 22.4. The molecule has 1 aromatic carbocycles. The number of hydrogen-bond donors (Lipinski definition) is 2. The van der Waals surface area contributed by atoms with E-state index in [1.54, 1.807) is 6.92 Å². The third kappa shape index (κ3) is 6.08. The Bertz CT molecular complexity index is 792. The van der Waals surface area contributed by atoms with E-state index in [9.17, 15) is 18.0 Å². The second-order valence-corrected chi connectivity index (χ2v) is 8.68. The van der Waals surface area contributed by atoms with Crippen LogP contribution in [0.1, 0.15) is 43.0 Å². The zero-order valence-electron chi connectivity index (χ0n) is 15.9. The quantitative estimate of drug-likeness (QED) is 0.645. The van der Waals surface area contributed by atoms with Crippen LogP contribution < -0.4 is 10.6 Å². The van der Waals surface area contributed by atoms with Gasteiger partial charge in [-0.2, -0.15) is 4.31 Å². The predicted octanol–water partition coefficient (Wildman–Crippen LogP) is 2.38. The monoisotopic (exact) mass is 431 g/mol. The summed E-state index contributed by atoms with van der Waals surface area (Å²) in [6.45, 7) is 3.23. The summed E-state index contributed by atoms with van der Waals surface area (Å²) in [7, 11) is -3.77. The number of hydrogen-bond acceptors (Lipinski definition) is 5. The Hall–Kier alpha value is -1.84. The molecule has 8 nitrogen and oxygen atoms in total. The number of carbonyl (C=O) groups excluding carboxylic acids is 2. The number of benzene rings is 1. The van der Waals surface area contributed by atoms with E-state index in [-0.39, 0.29) is 35.2 Å². The van der Waals surface area contributed by atoms with Crippen molar-refractivity contribution in [2.24, 2.45) is 0 Å². The molecule has 1 aliphatic rings. The molecule has 0 aliphatic carbocycles. The average molecular weight is 432 g/mol. The van der Waals surface area contributed by atoms with Crippen LogP contribution in [0.4, 0.5) is 4.79 Å². The number of carbonyl (C=O) groups is 2. The highest BCUT2D eigenvalue weighted by atomic mass is 35.5. The minimum absolute atomic E-state index is 0.0617. The van der Waals surface area contributed by atoms with Gasteiger partial charge >= 0.3 is 6.09 Å². The highest BCUT2D eigenvalue weighted by Crippen LogP contribution is 2.27. The average Bonchev–Trinajstić information content (AvgIpc) is 2.95. The number of alkyl carbamates (subject to hydrolysis) is 1. The summed E-state index contributed by atoms with van der Waals surface area (Å²) < 4.78 is 32.1. The van der Waals surface area contributed by atoms with Gasteiger partial charge < -0.3 is 15.4 Å². The van der Waals surface area contributed by atoms with E-state index in [1.807, 2.05) is 0 Å². The van der Waals surface area contributed by atoms with Gasteiger partial charge in [0.25, 0.3) is 5.91 Å². The highest BCUT2D eigenvalue weighted by Gasteiger charge is 2.28. The zero-order valence-corrected chi connectivity index (χ0v) is 17.4. The van der Waals surface area contributed by atoms with Crippen molar-refractivity contribution in [2.45, 2.75) is 37.5 Å². The summed E-state index contributed by atoms with van der Waals surface area (Å²) >= 11 is 6.14. The van der Waals surface area contributed by atoms with Gasteiger partial charge in [0.15, 0.2) is 0 Å². The third-order valence-electron chi connectivity index (χ3n) is 4.33. The number of nitrogens with one attached hydrogen (secondary N) is 2. The van der Waals surface area contributed by atoms with Gasteiger partial charge in [0, 0.05) is 31.7 Å². The van der Waals surface area contributed by atoms with E-state index in [0.29, 0.717) is 13.1 Å². The Kier molecular flexibility index (Phi) is 8.53. The number of ether oxygens (including phenoxy) is 1. The van der Waals surface area contributed by atoms with Crippen molar-refractivity contribution in [3.8, 4) is 0 Å². The standard InChI is InChI=1S/C18H26ClN3O5S/c1-2-27-18(24)21-10-9-20-17(23)14-7-8-15(19)16(13-14)28(25,26)22-11-5-3-4-6-12-22/h7-8,13H,2-6,9-12H2,1H3,(H,20,23)(H,21,24). The number of halogens is 1. The minimum atomic E-state index is -3.77. The maximum Gasteiger partial charge on any atom is 0.407 e. The highest BCUT2D eigenvalue weighted by molar-refractivity contribution is 7.89. The molecule has 1 heterocycles. The fourth-order valence-corrected chi connectivity index (χ4v) is 4.91. The molecular formula is C18H26ClN3O5S. The second-order valence-electron chi connectivity index (χ2n) is 6.37. The largest absolute Gasteiger partial charge is 0.450 e. The molecule has 2 rings (SSSR count). The van der Waals surface area contributed by atoms with Gasteiger partial charge in [0.2, 0.25) is 10.0 Å². The van der Waals surface area contributed by atoms with Crippen LogP contribution in [0.15, 0.2) is 23.1 Å². The van der Waals surface area contributed by atoms with Crippen LogP contribution in [0.25, 0.3) is 0 Å². The fraction of sp³-hybridized carbons (Fsp3) is 0.556. The molecule has 0 aromatic heterocycles. The SMILES string of the molecule is CCOC(=O)NCCNC(=O)c1ccc(Cl)c(S(=O)(=O)N2CCCCCC2)c1. The van der Waals surface area contributed by atoms with Crippen LogP contribution in [-0.2, 0) is 14.8 Å². The Labute approximate surface area is 170 Å². The molecule has 0 saturated carbocycles. The van der Waals surface area contributed by atoms with E-state index in [2.05, 4.69) is 10.6 Å². The van der Waals surface area contributed by atoms with Crippen LogP contribution in [0, 0.1) is 0 Å². The fourth-order valence-electron chi connectivity index (χ4n) is 2.89. The lowest BCUT2D eigenvalue weighted by atomic mass is 10.2. The van der Waals surface area contributed by atoms with Crippen molar-refractivity contribution in [1.82, 2.24) is 14.9 Å². The van der Waals surface area contributed by atoms with E-state index >= 15 is 0 Å². The molecule has 1 aromatic rings. The minimum Gasteiger partial charge on any atom is -0.450 e. The maximum atomic E-state index is 13.0. The summed E-state index contributed by atoms with van der Waals surface area (Å²) in [4.78, 5) is 23.5. The molecule has 28 heavy (non-hydrogen) atoms. The number of nitrogens with zero attached hydrogens (tertiary/aromatic N) is 1. The maximum absolute atomic E-state index is 13.0. The molecular weight excluding hydrogens is 406 g/mol. The number of amides is 2. The molecule has 1 fully saturated rings. The van der Waals surface area contributed by atoms with Crippen LogP contribution in [0.5, 0.6) is 0 Å². The molecule has 2 amide bonds. The van der Waals surface area contributed by atoms with E-state index in [1.165, 1.54) is 22.5 Å². The van der Waals surface area contributed by atoms with Crippen molar-refractivity contribution in [3.05, 3.63) is 28.8 Å². The van der Waals surface area contributed by atoms with Crippen molar-refractivity contribution in [2.75, 3.05) is 32.8 Å². The van der Waals surface area contributed by atoms with Crippen molar-refractivity contribution in [3.63, 3.8) is 0 Å². The first-order chi connectivity index (χ1) is 13.4. The van der Waals surface area contributed by atoms with Gasteiger partial charge in [0.05, 0.1) is 11.6 Å². The lowest BCUT2D eigenvalue weighted by Gasteiger charge is -2.21. The first-order valence-corrected chi connectivity index (χ1v) is 11.2. The number of rotatable bonds is 7. The first-order valence-electron chi connectivity index (χ1n) is 9.34. The predicted molar refractivity (Wildman–Crippen MR) is 106 cm³/mol. The van der Waals surface area contributed by atoms with Crippen molar-refractivity contribution in [1.29, 1.82) is 0 Å². The summed E-state index contributed by atoms with van der Waals surface area (Å²) in [5.74, 6) is -0.449. The Morgan fingerprint density at radius 1 is 1.11 bits per heavy atom. The lowest BCUT2D eigenvalue weighted by molar-refractivity contribution is 0.0952. The third-order valence-corrected chi connectivity index (χ3v) is 6.71. The molecule has 1 saturated heterocycles. The summed E-state index contributed by atoms with van der Waals surface area (Å²) in [6.07, 6.45) is 3.06. The lowest BCUT2D eigenvalue weighted by Crippen LogP contribution is -2.35. The second kappa shape index (κ2) is 10.6. The Morgan fingerprint density at radius 3 is 2.39 bits per heavy atom. The van der Waals surface area contributed by atoms with Gasteiger partial charge in [-0.3, -0.25) is 4.79 Å². The summed E-state index contributed by atoms with van der Waals surface area (Å²) in [6, 6.07) is 4.19. The van der Waals surface area contributed by atoms with Crippen molar-refractivity contribution < 1.29 is 22.7 Å². The van der Waals surface area contributed by atoms with Crippen LogP contribution in [0.3, 0.4) is 0 Å². The smallest absolute Gasteiger partial charge is 0.407 e. The molecule has 1 aliphatic heterocycles. The van der Waals surface area contributed by atoms with Gasteiger partial charge in [-0.25, -0.2) is 13.2 Å². The summed E-state index contributed by atoms with van der Waals surface area (Å²) in [5, 5.41) is 5.20. The molecule has 0 unspecified atom stereocenters. The van der Waals surface area contributed by atoms with Gasteiger partial charge in [0.1, 0.15) is 4.90 Å². The molecule has 156 valence electrons. The Balaban J connectivity index is 2.05. The summed E-state index contributed by atoms with van der Waals surface area (Å²) in [5.41, 5.74) is 0.189. The zero-order chi connectivity index (χ0) is 20.6. The topological polar surface area (TPSA) is 105 Å². The van der Waals surface area contributed by atoms with E-state index in [4.69, 9.17) is 16.3 Å².